The van der Waals surface area contributed by atoms with Crippen molar-refractivity contribution in [1.29, 1.82) is 5.26 Å². The maximum Gasteiger partial charge on any atom is 0.232 e. The normalized spacial score (nSPS) is 10.8. The number of sulfonamides is 1. The fourth-order valence-corrected chi connectivity index (χ4v) is 2.45. The lowest BCUT2D eigenvalue weighted by Crippen LogP contribution is -2.29. The van der Waals surface area contributed by atoms with Gasteiger partial charge in [-0.15, -0.1) is 0 Å². The van der Waals surface area contributed by atoms with E-state index in [4.69, 9.17) is 5.26 Å². The van der Waals surface area contributed by atoms with Crippen LogP contribution in [0.15, 0.2) is 24.3 Å². The predicted octanol–water partition coefficient (Wildman–Crippen LogP) is 1.54. The molecule has 1 rings (SSSR count). The van der Waals surface area contributed by atoms with Gasteiger partial charge in [-0.2, -0.15) is 5.26 Å². The van der Waals surface area contributed by atoms with E-state index in [1.54, 1.807) is 31.2 Å². The molecule has 0 aliphatic carbocycles. The van der Waals surface area contributed by atoms with Crippen molar-refractivity contribution in [1.82, 2.24) is 0 Å². The Balaban J connectivity index is 3.01. The van der Waals surface area contributed by atoms with Crippen LogP contribution in [0.5, 0.6) is 0 Å². The third-order valence-electron chi connectivity index (χ3n) is 2.20. The lowest BCUT2D eigenvalue weighted by atomic mass is 10.1. The molecule has 0 N–H and O–H groups in total. The van der Waals surface area contributed by atoms with Crippen LogP contribution in [0.3, 0.4) is 0 Å². The zero-order chi connectivity index (χ0) is 12.2. The van der Waals surface area contributed by atoms with Crippen molar-refractivity contribution in [3.05, 3.63) is 29.8 Å². The predicted molar refractivity (Wildman–Crippen MR) is 63.6 cm³/mol. The van der Waals surface area contributed by atoms with E-state index < -0.39 is 10.0 Å². The fraction of sp³-hybridized carbons (Fsp3) is 0.364. The van der Waals surface area contributed by atoms with E-state index in [9.17, 15) is 8.42 Å². The molecule has 0 aliphatic heterocycles. The molecule has 86 valence electrons. The highest BCUT2D eigenvalue weighted by molar-refractivity contribution is 7.92. The van der Waals surface area contributed by atoms with Crippen molar-refractivity contribution < 1.29 is 8.42 Å². The lowest BCUT2D eigenvalue weighted by Gasteiger charge is -2.20. The summed E-state index contributed by atoms with van der Waals surface area (Å²) >= 11 is 0. The van der Waals surface area contributed by atoms with Crippen LogP contribution in [0.4, 0.5) is 5.69 Å². The molecule has 0 fully saturated rings. The van der Waals surface area contributed by atoms with Gasteiger partial charge in [-0.25, -0.2) is 8.42 Å². The van der Waals surface area contributed by atoms with Gasteiger partial charge in [0.2, 0.25) is 10.0 Å². The summed E-state index contributed by atoms with van der Waals surface area (Å²) in [7, 11) is -3.22. The topological polar surface area (TPSA) is 61.2 Å². The minimum atomic E-state index is -3.22. The first kappa shape index (κ1) is 12.5. The minimum absolute atomic E-state index is 0.339. The van der Waals surface area contributed by atoms with Gasteiger partial charge in [0.15, 0.2) is 0 Å². The van der Waals surface area contributed by atoms with E-state index in [-0.39, 0.29) is 0 Å². The van der Waals surface area contributed by atoms with Gasteiger partial charge in [-0.3, -0.25) is 4.31 Å². The molecule has 0 saturated carbocycles. The van der Waals surface area contributed by atoms with Crippen LogP contribution in [-0.4, -0.2) is 21.2 Å². The number of benzene rings is 1. The van der Waals surface area contributed by atoms with Crippen LogP contribution < -0.4 is 4.31 Å². The third kappa shape index (κ3) is 2.97. The molecule has 0 unspecified atom stereocenters. The monoisotopic (exact) mass is 238 g/mol. The van der Waals surface area contributed by atoms with Gasteiger partial charge in [0.05, 0.1) is 24.4 Å². The van der Waals surface area contributed by atoms with Crippen LogP contribution in [0.1, 0.15) is 12.5 Å². The van der Waals surface area contributed by atoms with Crippen molar-refractivity contribution in [2.24, 2.45) is 0 Å². The van der Waals surface area contributed by atoms with Gasteiger partial charge in [0, 0.05) is 6.54 Å². The second-order valence-electron chi connectivity index (χ2n) is 3.43. The smallest absolute Gasteiger partial charge is 0.232 e. The van der Waals surface area contributed by atoms with Crippen molar-refractivity contribution in [2.75, 3.05) is 17.1 Å². The van der Waals surface area contributed by atoms with Gasteiger partial charge in [-0.05, 0) is 24.6 Å². The first-order valence-corrected chi connectivity index (χ1v) is 6.77. The first-order valence-electron chi connectivity index (χ1n) is 4.92. The molecule has 0 spiro atoms. The Bertz CT molecular complexity index is 486. The molecular weight excluding hydrogens is 224 g/mol. The molecule has 0 atom stereocenters. The summed E-state index contributed by atoms with van der Waals surface area (Å²) in [5, 5.41) is 8.52. The van der Waals surface area contributed by atoms with Crippen molar-refractivity contribution >= 4 is 15.7 Å². The minimum Gasteiger partial charge on any atom is -0.271 e. The highest BCUT2D eigenvalue weighted by atomic mass is 32.2. The van der Waals surface area contributed by atoms with Gasteiger partial charge in [-0.1, -0.05) is 12.1 Å². The lowest BCUT2D eigenvalue weighted by molar-refractivity contribution is 0.598. The Morgan fingerprint density at radius 3 is 2.25 bits per heavy atom. The second kappa shape index (κ2) is 4.99. The first-order chi connectivity index (χ1) is 7.49. The number of rotatable bonds is 4. The molecule has 16 heavy (non-hydrogen) atoms. The SMILES string of the molecule is CCN(c1ccc(CC#N)cc1)S(C)(=O)=O. The molecular formula is C11H14N2O2S. The number of nitrogens with zero attached hydrogens (tertiary/aromatic N) is 2. The maximum absolute atomic E-state index is 11.4. The molecule has 0 radical (unpaired) electrons. The molecule has 0 heterocycles. The second-order valence-corrected chi connectivity index (χ2v) is 5.34. The molecule has 0 bridgehead atoms. The van der Waals surface area contributed by atoms with Gasteiger partial charge in [0.1, 0.15) is 0 Å². The highest BCUT2D eigenvalue weighted by Gasteiger charge is 2.14. The summed E-state index contributed by atoms with van der Waals surface area (Å²) in [4.78, 5) is 0. The van der Waals surface area contributed by atoms with Crippen LogP contribution in [0.25, 0.3) is 0 Å². The maximum atomic E-state index is 11.4. The average Bonchev–Trinajstić information content (AvgIpc) is 2.20. The van der Waals surface area contributed by atoms with Crippen LogP contribution in [0.2, 0.25) is 0 Å². The molecule has 4 nitrogen and oxygen atoms in total. The molecule has 5 heteroatoms. The quantitative estimate of drug-likeness (QED) is 0.799. The van der Waals surface area contributed by atoms with Crippen molar-refractivity contribution in [3.8, 4) is 6.07 Å². The number of anilines is 1. The zero-order valence-electron chi connectivity index (χ0n) is 9.34. The van der Waals surface area contributed by atoms with E-state index in [1.165, 1.54) is 10.6 Å². The molecule has 0 aromatic heterocycles. The molecule has 1 aromatic carbocycles. The van der Waals surface area contributed by atoms with E-state index in [0.717, 1.165) is 5.56 Å². The number of nitriles is 1. The summed E-state index contributed by atoms with van der Waals surface area (Å²) in [6.07, 6.45) is 1.52. The van der Waals surface area contributed by atoms with E-state index >= 15 is 0 Å². The largest absolute Gasteiger partial charge is 0.271 e. The van der Waals surface area contributed by atoms with Gasteiger partial charge < -0.3 is 0 Å². The third-order valence-corrected chi connectivity index (χ3v) is 3.46. The average molecular weight is 238 g/mol. The van der Waals surface area contributed by atoms with Crippen molar-refractivity contribution in [3.63, 3.8) is 0 Å². The summed E-state index contributed by atoms with van der Waals surface area (Å²) in [5.41, 5.74) is 1.52. The van der Waals surface area contributed by atoms with Gasteiger partial charge in [0.25, 0.3) is 0 Å². The van der Waals surface area contributed by atoms with Gasteiger partial charge >= 0.3 is 0 Å². The number of hydrogen-bond donors (Lipinski definition) is 0. The summed E-state index contributed by atoms with van der Waals surface area (Å²) in [6, 6.07) is 9.02. The van der Waals surface area contributed by atoms with E-state index in [1.807, 2.05) is 6.07 Å². The standard InChI is InChI=1S/C11H14N2O2S/c1-3-13(16(2,14)15)11-6-4-10(5-7-11)8-9-12/h4-7H,3,8H2,1-2H3. The molecule has 0 amide bonds. The Kier molecular flexibility index (Phi) is 3.91. The van der Waals surface area contributed by atoms with E-state index in [0.29, 0.717) is 18.7 Å². The van der Waals surface area contributed by atoms with Crippen molar-refractivity contribution in [2.45, 2.75) is 13.3 Å². The summed E-state index contributed by atoms with van der Waals surface area (Å²) < 4.78 is 24.2. The Hall–Kier alpha value is -1.54. The van der Waals surface area contributed by atoms with Crippen LogP contribution in [-0.2, 0) is 16.4 Å². The Labute approximate surface area is 96.2 Å². The zero-order valence-corrected chi connectivity index (χ0v) is 10.2. The highest BCUT2D eigenvalue weighted by Crippen LogP contribution is 2.17. The van der Waals surface area contributed by atoms with Crippen LogP contribution in [0, 0.1) is 11.3 Å². The molecule has 0 saturated heterocycles. The Morgan fingerprint density at radius 2 is 1.88 bits per heavy atom. The molecule has 1 aromatic rings. The summed E-state index contributed by atoms with van der Waals surface area (Å²) in [6.45, 7) is 2.18. The van der Waals surface area contributed by atoms with E-state index in [2.05, 4.69) is 0 Å². The Morgan fingerprint density at radius 1 is 1.31 bits per heavy atom. The number of hydrogen-bond acceptors (Lipinski definition) is 3. The fourth-order valence-electron chi connectivity index (χ4n) is 1.48. The van der Waals surface area contributed by atoms with Crippen LogP contribution >= 0.6 is 0 Å². The molecule has 0 aliphatic rings. The summed E-state index contributed by atoms with van der Waals surface area (Å²) in [5.74, 6) is 0.